The van der Waals surface area contributed by atoms with E-state index in [-0.39, 0.29) is 18.4 Å². The van der Waals surface area contributed by atoms with E-state index in [2.05, 4.69) is 10.3 Å². The number of carbonyl (C=O) groups is 2. The van der Waals surface area contributed by atoms with Gasteiger partial charge in [-0.25, -0.2) is 9.78 Å². The molecular weight excluding hydrogens is 504 g/mol. The maximum absolute atomic E-state index is 13.1. The Bertz CT molecular complexity index is 1380. The molecule has 0 fully saturated rings. The van der Waals surface area contributed by atoms with Crippen molar-refractivity contribution in [2.75, 3.05) is 0 Å². The fraction of sp³-hybridized carbons (Fsp3) is 0.276. The van der Waals surface area contributed by atoms with Crippen LogP contribution in [-0.4, -0.2) is 34.2 Å². The van der Waals surface area contributed by atoms with Crippen molar-refractivity contribution in [3.05, 3.63) is 87.2 Å². The molecule has 8 heteroatoms. The van der Waals surface area contributed by atoms with Crippen LogP contribution in [0.4, 0.5) is 0 Å². The van der Waals surface area contributed by atoms with Gasteiger partial charge in [0.25, 0.3) is 5.91 Å². The predicted molar refractivity (Wildman–Crippen MR) is 149 cm³/mol. The highest BCUT2D eigenvalue weighted by atomic mass is 32.1. The van der Waals surface area contributed by atoms with E-state index in [0.29, 0.717) is 12.2 Å². The molecule has 0 aliphatic carbocycles. The molecule has 0 bridgehead atoms. The van der Waals surface area contributed by atoms with Crippen molar-refractivity contribution < 1.29 is 19.4 Å². The van der Waals surface area contributed by atoms with Crippen LogP contribution < -0.4 is 5.32 Å². The van der Waals surface area contributed by atoms with Crippen LogP contribution in [0.5, 0.6) is 0 Å². The average Bonchev–Trinajstić information content (AvgIpc) is 3.52. The van der Waals surface area contributed by atoms with Crippen LogP contribution in [0, 0.1) is 13.8 Å². The normalized spacial score (nSPS) is 12.0. The maximum Gasteiger partial charge on any atom is 0.333 e. The predicted octanol–water partition coefficient (Wildman–Crippen LogP) is 6.51. The second-order valence-corrected chi connectivity index (χ2v) is 11.3. The number of carboxylic acids is 1. The Hall–Kier alpha value is -3.33. The summed E-state index contributed by atoms with van der Waals surface area (Å²) in [7, 11) is 0. The number of benzene rings is 2. The molecule has 0 aliphatic heterocycles. The lowest BCUT2D eigenvalue weighted by Crippen LogP contribution is -2.29. The Morgan fingerprint density at radius 3 is 2.49 bits per heavy atom. The molecule has 37 heavy (non-hydrogen) atoms. The molecule has 2 N–H and O–H groups in total. The zero-order valence-corrected chi connectivity index (χ0v) is 22.9. The van der Waals surface area contributed by atoms with E-state index in [1.807, 2.05) is 87.7 Å². The molecule has 192 valence electrons. The summed E-state index contributed by atoms with van der Waals surface area (Å²) in [6, 6.07) is 18.0. The lowest BCUT2D eigenvalue weighted by molar-refractivity contribution is -0.153. The summed E-state index contributed by atoms with van der Waals surface area (Å²) in [5.41, 5.74) is 5.33. The number of carboxylic acid groups (broad SMARTS) is 1. The second kappa shape index (κ2) is 11.8. The van der Waals surface area contributed by atoms with Gasteiger partial charge in [-0.05, 0) is 55.8 Å². The van der Waals surface area contributed by atoms with Gasteiger partial charge in [-0.15, -0.1) is 22.7 Å². The Kier molecular flexibility index (Phi) is 8.53. The molecule has 0 spiro atoms. The van der Waals surface area contributed by atoms with Crippen LogP contribution in [0.3, 0.4) is 0 Å². The summed E-state index contributed by atoms with van der Waals surface area (Å²) in [5, 5.41) is 15.4. The van der Waals surface area contributed by atoms with Gasteiger partial charge in [-0.1, -0.05) is 54.1 Å². The molecule has 0 radical (unpaired) electrons. The molecule has 4 rings (SSSR count). The summed E-state index contributed by atoms with van der Waals surface area (Å²) < 4.78 is 5.60. The topological polar surface area (TPSA) is 88.5 Å². The van der Waals surface area contributed by atoms with Gasteiger partial charge in [0.1, 0.15) is 10.7 Å². The average molecular weight is 535 g/mol. The quantitative estimate of drug-likeness (QED) is 0.242. The van der Waals surface area contributed by atoms with Gasteiger partial charge in [0.15, 0.2) is 6.10 Å². The van der Waals surface area contributed by atoms with Crippen LogP contribution in [0.25, 0.3) is 21.0 Å². The number of nitrogens with one attached hydrogen (secondary N) is 1. The first-order valence-corrected chi connectivity index (χ1v) is 13.8. The zero-order chi connectivity index (χ0) is 26.5. The third-order valence-corrected chi connectivity index (χ3v) is 7.76. The summed E-state index contributed by atoms with van der Waals surface area (Å²) in [4.78, 5) is 31.4. The van der Waals surface area contributed by atoms with Crippen molar-refractivity contribution in [2.24, 2.45) is 0 Å². The molecule has 0 saturated carbocycles. The monoisotopic (exact) mass is 534 g/mol. The highest BCUT2D eigenvalue weighted by Crippen LogP contribution is 2.30. The summed E-state index contributed by atoms with van der Waals surface area (Å²) in [6.45, 7) is 7.87. The smallest absolute Gasteiger partial charge is 0.333 e. The van der Waals surface area contributed by atoms with Gasteiger partial charge in [0.05, 0.1) is 6.10 Å². The van der Waals surface area contributed by atoms with Crippen molar-refractivity contribution in [1.29, 1.82) is 0 Å². The first-order valence-electron chi connectivity index (χ1n) is 12.1. The highest BCUT2D eigenvalue weighted by Gasteiger charge is 2.22. The van der Waals surface area contributed by atoms with E-state index in [0.717, 1.165) is 37.0 Å². The standard InChI is InChI=1S/C29H30N2O4S2/c1-17(2)35-24(29(33)34)15-20-9-12-23(25-6-5-13-36-25)22(14-20)16-30-27(32)26-19(4)37-28(31-26)21-10-7-18(3)8-11-21/h5-14,17,24H,15-16H2,1-4H3,(H,30,32)(H,33,34). The van der Waals surface area contributed by atoms with E-state index in [4.69, 9.17) is 4.74 Å². The van der Waals surface area contributed by atoms with Gasteiger partial charge in [-0.2, -0.15) is 0 Å². The Morgan fingerprint density at radius 2 is 1.84 bits per heavy atom. The molecule has 2 heterocycles. The van der Waals surface area contributed by atoms with Crippen LogP contribution >= 0.6 is 22.7 Å². The van der Waals surface area contributed by atoms with Crippen LogP contribution in [0.2, 0.25) is 0 Å². The second-order valence-electron chi connectivity index (χ2n) is 9.16. The van der Waals surface area contributed by atoms with E-state index >= 15 is 0 Å². The number of amides is 1. The SMILES string of the molecule is Cc1ccc(-c2nc(C(=O)NCc3cc(CC(OC(C)C)C(=O)O)ccc3-c3cccs3)c(C)s2)cc1. The summed E-state index contributed by atoms with van der Waals surface area (Å²) in [5.74, 6) is -1.23. The fourth-order valence-electron chi connectivity index (χ4n) is 4.01. The Balaban J connectivity index is 1.56. The fourth-order valence-corrected chi connectivity index (χ4v) is 5.72. The third kappa shape index (κ3) is 6.71. The molecule has 2 aromatic heterocycles. The zero-order valence-electron chi connectivity index (χ0n) is 21.3. The molecule has 1 atom stereocenters. The van der Waals surface area contributed by atoms with Crippen molar-refractivity contribution >= 4 is 34.6 Å². The number of rotatable bonds is 10. The largest absolute Gasteiger partial charge is 0.479 e. The number of aliphatic carboxylic acids is 1. The Labute approximate surface area is 225 Å². The van der Waals surface area contributed by atoms with Crippen molar-refractivity contribution in [1.82, 2.24) is 10.3 Å². The third-order valence-electron chi connectivity index (χ3n) is 5.84. The van der Waals surface area contributed by atoms with Gasteiger partial charge in [0.2, 0.25) is 0 Å². The van der Waals surface area contributed by atoms with E-state index in [1.165, 1.54) is 16.9 Å². The summed E-state index contributed by atoms with van der Waals surface area (Å²) in [6.07, 6.45) is -0.895. The number of aromatic nitrogens is 1. The number of ether oxygens (including phenoxy) is 1. The molecule has 4 aromatic rings. The van der Waals surface area contributed by atoms with E-state index < -0.39 is 12.1 Å². The minimum atomic E-state index is -0.991. The van der Waals surface area contributed by atoms with Gasteiger partial charge in [0, 0.05) is 28.3 Å². The van der Waals surface area contributed by atoms with Gasteiger partial charge >= 0.3 is 5.97 Å². The minimum absolute atomic E-state index is 0.198. The molecule has 1 amide bonds. The molecule has 0 aliphatic rings. The van der Waals surface area contributed by atoms with Crippen molar-refractivity contribution in [2.45, 2.75) is 52.9 Å². The summed E-state index contributed by atoms with van der Waals surface area (Å²) >= 11 is 3.12. The highest BCUT2D eigenvalue weighted by molar-refractivity contribution is 7.15. The molecule has 6 nitrogen and oxygen atoms in total. The molecule has 0 saturated heterocycles. The first kappa shape index (κ1) is 26.7. The lowest BCUT2D eigenvalue weighted by Gasteiger charge is -2.18. The first-order chi connectivity index (χ1) is 17.7. The minimum Gasteiger partial charge on any atom is -0.479 e. The number of thiophene rings is 1. The van der Waals surface area contributed by atoms with Crippen LogP contribution in [0.1, 0.15) is 45.9 Å². The molecule has 1 unspecified atom stereocenters. The van der Waals surface area contributed by atoms with Gasteiger partial charge < -0.3 is 15.2 Å². The van der Waals surface area contributed by atoms with E-state index in [9.17, 15) is 14.7 Å². The number of hydrogen-bond acceptors (Lipinski definition) is 6. The van der Waals surface area contributed by atoms with Crippen molar-refractivity contribution in [3.63, 3.8) is 0 Å². The van der Waals surface area contributed by atoms with Gasteiger partial charge in [-0.3, -0.25) is 4.79 Å². The maximum atomic E-state index is 13.1. The number of thiazole rings is 1. The molecular formula is C29H30N2O4S2. The van der Waals surface area contributed by atoms with Crippen LogP contribution in [-0.2, 0) is 22.5 Å². The van der Waals surface area contributed by atoms with Crippen LogP contribution in [0.15, 0.2) is 60.0 Å². The molecule has 2 aromatic carbocycles. The number of nitrogens with zero attached hydrogens (tertiary/aromatic N) is 1. The lowest BCUT2D eigenvalue weighted by atomic mass is 9.99. The number of carbonyl (C=O) groups excluding carboxylic acids is 1. The number of aryl methyl sites for hydroxylation is 2. The Morgan fingerprint density at radius 1 is 1.08 bits per heavy atom. The van der Waals surface area contributed by atoms with Crippen molar-refractivity contribution in [3.8, 4) is 21.0 Å². The number of hydrogen-bond donors (Lipinski definition) is 2. The van der Waals surface area contributed by atoms with E-state index in [1.54, 1.807) is 11.3 Å².